The zero-order valence-electron chi connectivity index (χ0n) is 11.3. The quantitative estimate of drug-likeness (QED) is 0.842. The zero-order chi connectivity index (χ0) is 13.0. The van der Waals surface area contributed by atoms with Crippen LogP contribution in [0, 0.1) is 5.92 Å². The smallest absolute Gasteiger partial charge is 0.119 e. The standard InChI is InChI=1S/C15H23NO2/c1-15(11-17,12-5-3-4-6-12)16-13-7-9-14(18-2)10-8-13/h7-10,12,16-17H,3-6,11H2,1-2H3. The van der Waals surface area contributed by atoms with Gasteiger partial charge in [-0.05, 0) is 49.9 Å². The Morgan fingerprint density at radius 2 is 1.89 bits per heavy atom. The number of aliphatic hydroxyl groups excluding tert-OH is 1. The third-order valence-corrected chi connectivity index (χ3v) is 4.10. The fourth-order valence-corrected chi connectivity index (χ4v) is 2.84. The summed E-state index contributed by atoms with van der Waals surface area (Å²) in [5.41, 5.74) is 0.824. The molecule has 1 saturated carbocycles. The lowest BCUT2D eigenvalue weighted by Gasteiger charge is -2.36. The summed E-state index contributed by atoms with van der Waals surface area (Å²) in [7, 11) is 1.67. The van der Waals surface area contributed by atoms with Gasteiger partial charge >= 0.3 is 0 Å². The SMILES string of the molecule is COc1ccc(NC(C)(CO)C2CCCC2)cc1. The average Bonchev–Trinajstić information content (AvgIpc) is 2.94. The van der Waals surface area contributed by atoms with Crippen LogP contribution in [-0.2, 0) is 0 Å². The first-order chi connectivity index (χ1) is 8.68. The second kappa shape index (κ2) is 5.61. The maximum absolute atomic E-state index is 9.72. The van der Waals surface area contributed by atoms with Gasteiger partial charge < -0.3 is 15.2 Å². The molecule has 0 radical (unpaired) electrons. The Balaban J connectivity index is 2.08. The van der Waals surface area contributed by atoms with Crippen molar-refractivity contribution >= 4 is 5.69 Å². The average molecular weight is 249 g/mol. The van der Waals surface area contributed by atoms with Gasteiger partial charge in [0.25, 0.3) is 0 Å². The largest absolute Gasteiger partial charge is 0.497 e. The van der Waals surface area contributed by atoms with Gasteiger partial charge in [-0.1, -0.05) is 12.8 Å². The van der Waals surface area contributed by atoms with E-state index >= 15 is 0 Å². The molecule has 0 spiro atoms. The third kappa shape index (κ3) is 2.78. The van der Waals surface area contributed by atoms with Gasteiger partial charge in [0.2, 0.25) is 0 Å². The van der Waals surface area contributed by atoms with Crippen molar-refractivity contribution < 1.29 is 9.84 Å². The van der Waals surface area contributed by atoms with Crippen LogP contribution in [0.15, 0.2) is 24.3 Å². The van der Waals surface area contributed by atoms with Crippen molar-refractivity contribution in [1.29, 1.82) is 0 Å². The number of ether oxygens (including phenoxy) is 1. The van der Waals surface area contributed by atoms with Crippen molar-refractivity contribution in [2.24, 2.45) is 5.92 Å². The molecule has 2 rings (SSSR count). The highest BCUT2D eigenvalue weighted by molar-refractivity contribution is 5.48. The third-order valence-electron chi connectivity index (χ3n) is 4.10. The summed E-state index contributed by atoms with van der Waals surface area (Å²) in [6.07, 6.45) is 4.98. The molecule has 1 aliphatic rings. The minimum atomic E-state index is -0.217. The molecule has 0 saturated heterocycles. The van der Waals surface area contributed by atoms with Crippen LogP contribution in [0.25, 0.3) is 0 Å². The van der Waals surface area contributed by atoms with Crippen LogP contribution >= 0.6 is 0 Å². The highest BCUT2D eigenvalue weighted by Gasteiger charge is 2.35. The van der Waals surface area contributed by atoms with Crippen LogP contribution in [-0.4, -0.2) is 24.4 Å². The minimum absolute atomic E-state index is 0.170. The topological polar surface area (TPSA) is 41.5 Å². The molecule has 3 nitrogen and oxygen atoms in total. The van der Waals surface area contributed by atoms with Crippen LogP contribution in [0.3, 0.4) is 0 Å². The second-order valence-electron chi connectivity index (χ2n) is 5.41. The molecule has 1 aliphatic carbocycles. The van der Waals surface area contributed by atoms with E-state index in [-0.39, 0.29) is 12.1 Å². The van der Waals surface area contributed by atoms with E-state index in [9.17, 15) is 5.11 Å². The van der Waals surface area contributed by atoms with Crippen LogP contribution in [0.2, 0.25) is 0 Å². The van der Waals surface area contributed by atoms with Crippen LogP contribution in [0.1, 0.15) is 32.6 Å². The molecule has 1 aromatic rings. The number of aliphatic hydroxyl groups is 1. The molecule has 18 heavy (non-hydrogen) atoms. The van der Waals surface area contributed by atoms with Gasteiger partial charge in [-0.15, -0.1) is 0 Å². The van der Waals surface area contributed by atoms with Crippen molar-refractivity contribution in [1.82, 2.24) is 0 Å². The number of benzene rings is 1. The molecule has 3 heteroatoms. The van der Waals surface area contributed by atoms with E-state index in [0.717, 1.165) is 11.4 Å². The van der Waals surface area contributed by atoms with Crippen molar-refractivity contribution in [3.05, 3.63) is 24.3 Å². The molecule has 2 N–H and O–H groups in total. The number of methoxy groups -OCH3 is 1. The summed E-state index contributed by atoms with van der Waals surface area (Å²) >= 11 is 0. The summed E-state index contributed by atoms with van der Waals surface area (Å²) in [4.78, 5) is 0. The predicted octanol–water partition coefficient (Wildman–Crippen LogP) is 3.05. The molecule has 0 aliphatic heterocycles. The molecule has 100 valence electrons. The Labute approximate surface area is 109 Å². The molecule has 1 atom stereocenters. The second-order valence-corrected chi connectivity index (χ2v) is 5.41. The maximum atomic E-state index is 9.72. The first-order valence-corrected chi connectivity index (χ1v) is 6.71. The van der Waals surface area contributed by atoms with Gasteiger partial charge in [0.1, 0.15) is 5.75 Å². The lowest BCUT2D eigenvalue weighted by atomic mass is 9.84. The summed E-state index contributed by atoms with van der Waals surface area (Å²) in [6, 6.07) is 7.88. The van der Waals surface area contributed by atoms with E-state index in [1.165, 1.54) is 25.7 Å². The van der Waals surface area contributed by atoms with E-state index in [4.69, 9.17) is 4.74 Å². The summed E-state index contributed by atoms with van der Waals surface area (Å²) in [6.45, 7) is 2.29. The Hall–Kier alpha value is -1.22. The Morgan fingerprint density at radius 3 is 2.39 bits per heavy atom. The molecule has 1 fully saturated rings. The summed E-state index contributed by atoms with van der Waals surface area (Å²) in [5.74, 6) is 1.41. The van der Waals surface area contributed by atoms with Gasteiger partial charge in [-0.2, -0.15) is 0 Å². The Bertz CT molecular complexity index is 371. The van der Waals surface area contributed by atoms with E-state index in [0.29, 0.717) is 5.92 Å². The number of hydrogen-bond acceptors (Lipinski definition) is 3. The van der Waals surface area contributed by atoms with Crippen LogP contribution in [0.5, 0.6) is 5.75 Å². The van der Waals surface area contributed by atoms with Crippen LogP contribution in [0.4, 0.5) is 5.69 Å². The van der Waals surface area contributed by atoms with E-state index in [2.05, 4.69) is 12.2 Å². The number of anilines is 1. The maximum Gasteiger partial charge on any atom is 0.119 e. The van der Waals surface area contributed by atoms with E-state index in [1.54, 1.807) is 7.11 Å². The molecular formula is C15H23NO2. The molecule has 0 aromatic heterocycles. The highest BCUT2D eigenvalue weighted by atomic mass is 16.5. The fraction of sp³-hybridized carbons (Fsp3) is 0.600. The highest BCUT2D eigenvalue weighted by Crippen LogP contribution is 2.36. The zero-order valence-corrected chi connectivity index (χ0v) is 11.3. The first kappa shape index (κ1) is 13.2. The predicted molar refractivity (Wildman–Crippen MR) is 74.1 cm³/mol. The number of nitrogens with one attached hydrogen (secondary N) is 1. The Kier molecular flexibility index (Phi) is 4.12. The van der Waals surface area contributed by atoms with Gasteiger partial charge in [-0.25, -0.2) is 0 Å². The summed E-state index contributed by atoms with van der Waals surface area (Å²) in [5, 5.41) is 13.2. The molecule has 0 heterocycles. The Morgan fingerprint density at radius 1 is 1.28 bits per heavy atom. The normalized spacial score (nSPS) is 19.5. The molecule has 0 bridgehead atoms. The molecule has 1 unspecified atom stereocenters. The molecule has 1 aromatic carbocycles. The van der Waals surface area contributed by atoms with Gasteiger partial charge in [-0.3, -0.25) is 0 Å². The molecular weight excluding hydrogens is 226 g/mol. The fourth-order valence-electron chi connectivity index (χ4n) is 2.84. The van der Waals surface area contributed by atoms with Gasteiger partial charge in [0.05, 0.1) is 19.3 Å². The van der Waals surface area contributed by atoms with E-state index in [1.807, 2.05) is 24.3 Å². The number of hydrogen-bond donors (Lipinski definition) is 2. The summed E-state index contributed by atoms with van der Waals surface area (Å²) < 4.78 is 5.15. The number of rotatable bonds is 5. The van der Waals surface area contributed by atoms with Gasteiger partial charge in [0, 0.05) is 5.69 Å². The van der Waals surface area contributed by atoms with Gasteiger partial charge in [0.15, 0.2) is 0 Å². The van der Waals surface area contributed by atoms with Crippen molar-refractivity contribution in [3.8, 4) is 5.75 Å². The minimum Gasteiger partial charge on any atom is -0.497 e. The molecule has 0 amide bonds. The van der Waals surface area contributed by atoms with Crippen molar-refractivity contribution in [3.63, 3.8) is 0 Å². The monoisotopic (exact) mass is 249 g/mol. The van der Waals surface area contributed by atoms with Crippen LogP contribution < -0.4 is 10.1 Å². The lowest BCUT2D eigenvalue weighted by Crippen LogP contribution is -2.45. The van der Waals surface area contributed by atoms with Crippen molar-refractivity contribution in [2.45, 2.75) is 38.1 Å². The van der Waals surface area contributed by atoms with E-state index < -0.39 is 0 Å². The first-order valence-electron chi connectivity index (χ1n) is 6.71. The lowest BCUT2D eigenvalue weighted by molar-refractivity contribution is 0.172. The van der Waals surface area contributed by atoms with Crippen molar-refractivity contribution in [2.75, 3.05) is 19.0 Å².